The Balaban J connectivity index is 0.000000383. The van der Waals surface area contributed by atoms with Gasteiger partial charge in [0.05, 0.1) is 6.61 Å². The maximum absolute atomic E-state index is 13.5. The van der Waals surface area contributed by atoms with Crippen LogP contribution in [0.4, 0.5) is 13.2 Å². The minimum absolute atomic E-state index is 0.0777. The summed E-state index contributed by atoms with van der Waals surface area (Å²) in [7, 11) is -1.39. The van der Waals surface area contributed by atoms with Crippen molar-refractivity contribution in [2.75, 3.05) is 39.8 Å². The molecule has 11 heteroatoms. The van der Waals surface area contributed by atoms with Gasteiger partial charge in [-0.2, -0.15) is 17.5 Å². The highest BCUT2D eigenvalue weighted by molar-refractivity contribution is 7.89. The molecule has 1 aromatic carbocycles. The first-order chi connectivity index (χ1) is 15.4. The first-order valence-corrected chi connectivity index (χ1v) is 12.6. The second-order valence-corrected chi connectivity index (χ2v) is 11.2. The van der Waals surface area contributed by atoms with Crippen molar-refractivity contribution in [2.24, 2.45) is 11.3 Å². The Morgan fingerprint density at radius 3 is 2.33 bits per heavy atom. The summed E-state index contributed by atoms with van der Waals surface area (Å²) in [5.41, 5.74) is -0.0777. The number of para-hydroxylation sites is 1. The van der Waals surface area contributed by atoms with Gasteiger partial charge in [-0.15, -0.1) is 0 Å². The van der Waals surface area contributed by atoms with Gasteiger partial charge < -0.3 is 14.7 Å². The number of carboxylic acid groups (broad SMARTS) is 1. The van der Waals surface area contributed by atoms with Crippen molar-refractivity contribution in [3.63, 3.8) is 0 Å². The van der Waals surface area contributed by atoms with Gasteiger partial charge in [-0.25, -0.2) is 13.2 Å². The molecule has 3 aliphatic rings. The molecule has 1 aliphatic carbocycles. The normalized spacial score (nSPS) is 23.5. The molecule has 1 spiro atoms. The predicted octanol–water partition coefficient (Wildman–Crippen LogP) is 3.61. The largest absolute Gasteiger partial charge is 0.492 e. The van der Waals surface area contributed by atoms with Gasteiger partial charge in [-0.3, -0.25) is 0 Å². The first-order valence-electron chi connectivity index (χ1n) is 11.1. The highest BCUT2D eigenvalue weighted by Crippen LogP contribution is 2.40. The average Bonchev–Trinajstić information content (AvgIpc) is 3.26. The van der Waals surface area contributed by atoms with Crippen LogP contribution in [0, 0.1) is 11.3 Å². The van der Waals surface area contributed by atoms with Gasteiger partial charge in [-0.05, 0) is 63.9 Å². The molecule has 2 aliphatic heterocycles. The maximum Gasteiger partial charge on any atom is 0.490 e. The number of rotatable bonds is 2. The summed E-state index contributed by atoms with van der Waals surface area (Å²) in [6, 6.07) is 7.15. The quantitative estimate of drug-likeness (QED) is 0.679. The number of ether oxygens (including phenoxy) is 1. The molecule has 0 aromatic heterocycles. The molecule has 4 rings (SSSR count). The van der Waals surface area contributed by atoms with Crippen LogP contribution in [-0.2, 0) is 14.8 Å². The van der Waals surface area contributed by atoms with Crippen molar-refractivity contribution in [3.8, 4) is 5.75 Å². The van der Waals surface area contributed by atoms with E-state index in [1.54, 1.807) is 22.5 Å². The molecule has 0 bridgehead atoms. The molecule has 0 atom stereocenters. The summed E-state index contributed by atoms with van der Waals surface area (Å²) in [5, 5.41) is 7.12. The number of hydrogen-bond acceptors (Lipinski definition) is 5. The maximum atomic E-state index is 13.5. The lowest BCUT2D eigenvalue weighted by Crippen LogP contribution is -2.51. The van der Waals surface area contributed by atoms with Crippen LogP contribution in [0.2, 0.25) is 0 Å². The Morgan fingerprint density at radius 2 is 1.76 bits per heavy atom. The molecular weight excluding hydrogens is 461 g/mol. The van der Waals surface area contributed by atoms with Crippen LogP contribution in [0.1, 0.15) is 38.5 Å². The van der Waals surface area contributed by atoms with Crippen LogP contribution in [0.5, 0.6) is 5.75 Å². The van der Waals surface area contributed by atoms with E-state index in [2.05, 4.69) is 11.9 Å². The summed E-state index contributed by atoms with van der Waals surface area (Å²) < 4.78 is 66.6. The van der Waals surface area contributed by atoms with Crippen molar-refractivity contribution >= 4 is 16.0 Å². The predicted molar refractivity (Wildman–Crippen MR) is 116 cm³/mol. The number of piperidine rings is 1. The van der Waals surface area contributed by atoms with Crippen molar-refractivity contribution in [1.29, 1.82) is 0 Å². The van der Waals surface area contributed by atoms with E-state index < -0.39 is 22.2 Å². The number of fused-ring (bicyclic) bond motifs is 1. The van der Waals surface area contributed by atoms with Gasteiger partial charge in [-0.1, -0.05) is 25.0 Å². The number of benzene rings is 1. The Morgan fingerprint density at radius 1 is 1.18 bits per heavy atom. The monoisotopic (exact) mass is 492 g/mol. The van der Waals surface area contributed by atoms with E-state index in [1.165, 1.54) is 12.8 Å². The molecule has 186 valence electrons. The van der Waals surface area contributed by atoms with E-state index >= 15 is 0 Å². The van der Waals surface area contributed by atoms with Crippen LogP contribution >= 0.6 is 0 Å². The van der Waals surface area contributed by atoms with Gasteiger partial charge in [0.1, 0.15) is 10.6 Å². The fourth-order valence-electron chi connectivity index (χ4n) is 4.70. The highest BCUT2D eigenvalue weighted by Gasteiger charge is 2.43. The molecule has 1 aromatic rings. The van der Waals surface area contributed by atoms with E-state index in [-0.39, 0.29) is 5.41 Å². The minimum atomic E-state index is -5.08. The lowest BCUT2D eigenvalue weighted by atomic mass is 9.79. The number of hydrogen-bond donors (Lipinski definition) is 1. The third-order valence-electron chi connectivity index (χ3n) is 6.74. The standard InChI is InChI=1S/C20H30N2O3S.C2HF3O2/c1-21-12-10-20(11-13-21)15-22(14-17-6-2-3-7-17)26(23,24)19-9-5-4-8-18(19)25-16-20;3-2(4,5)1(6)7/h4-5,8-9,17H,2-3,6-7,10-16H2,1H3;(H,6,7). The summed E-state index contributed by atoms with van der Waals surface area (Å²) >= 11 is 0. The molecule has 1 saturated carbocycles. The van der Waals surface area contributed by atoms with Crippen LogP contribution in [0.3, 0.4) is 0 Å². The molecule has 2 heterocycles. The molecule has 0 radical (unpaired) electrons. The van der Waals surface area contributed by atoms with Gasteiger partial charge in [0.2, 0.25) is 10.0 Å². The summed E-state index contributed by atoms with van der Waals surface area (Å²) in [6.45, 7) is 3.86. The third-order valence-corrected chi connectivity index (χ3v) is 8.59. The number of sulfonamides is 1. The number of carbonyl (C=O) groups is 1. The average molecular weight is 493 g/mol. The minimum Gasteiger partial charge on any atom is -0.492 e. The number of nitrogens with zero attached hydrogens (tertiary/aromatic N) is 2. The van der Waals surface area contributed by atoms with Crippen molar-refractivity contribution < 1.29 is 36.2 Å². The first kappa shape index (κ1) is 25.8. The topological polar surface area (TPSA) is 87.2 Å². The van der Waals surface area contributed by atoms with E-state index in [1.807, 2.05) is 6.07 Å². The Hall–Kier alpha value is -1.85. The summed E-state index contributed by atoms with van der Waals surface area (Å²) in [5.74, 6) is -1.74. The molecule has 7 nitrogen and oxygen atoms in total. The van der Waals surface area contributed by atoms with Crippen LogP contribution in [-0.4, -0.2) is 74.7 Å². The molecule has 33 heavy (non-hydrogen) atoms. The Bertz CT molecular complexity index is 924. The third kappa shape index (κ3) is 6.39. The number of alkyl halides is 3. The fraction of sp³-hybridized carbons (Fsp3) is 0.682. The van der Waals surface area contributed by atoms with Crippen LogP contribution in [0.15, 0.2) is 29.2 Å². The number of carboxylic acids is 1. The molecule has 1 N–H and O–H groups in total. The fourth-order valence-corrected chi connectivity index (χ4v) is 6.46. The molecule has 2 fully saturated rings. The molecule has 0 amide bonds. The van der Waals surface area contributed by atoms with E-state index in [9.17, 15) is 21.6 Å². The van der Waals surface area contributed by atoms with E-state index in [0.717, 1.165) is 38.8 Å². The lowest BCUT2D eigenvalue weighted by Gasteiger charge is -2.44. The molecule has 0 unspecified atom stereocenters. The SMILES string of the molecule is CN1CCC2(CC1)COc1ccccc1S(=O)(=O)N(CC1CCCC1)C2.O=C(O)C(F)(F)F. The van der Waals surface area contributed by atoms with E-state index in [0.29, 0.717) is 36.3 Å². The van der Waals surface area contributed by atoms with Crippen molar-refractivity contribution in [3.05, 3.63) is 24.3 Å². The van der Waals surface area contributed by atoms with E-state index in [4.69, 9.17) is 14.6 Å². The van der Waals surface area contributed by atoms with Crippen LogP contribution < -0.4 is 4.74 Å². The van der Waals surface area contributed by atoms with Gasteiger partial charge in [0, 0.05) is 18.5 Å². The zero-order valence-electron chi connectivity index (χ0n) is 18.7. The van der Waals surface area contributed by atoms with Crippen molar-refractivity contribution in [1.82, 2.24) is 9.21 Å². The Kier molecular flexibility index (Phi) is 7.95. The van der Waals surface area contributed by atoms with Gasteiger partial charge in [0.15, 0.2) is 0 Å². The second-order valence-electron chi connectivity index (χ2n) is 9.29. The second kappa shape index (κ2) is 10.2. The number of aliphatic carboxylic acids is 1. The summed E-state index contributed by atoms with van der Waals surface area (Å²) in [6.07, 6.45) is 1.66. The van der Waals surface area contributed by atoms with Gasteiger partial charge >= 0.3 is 12.1 Å². The van der Waals surface area contributed by atoms with Gasteiger partial charge in [0.25, 0.3) is 0 Å². The molecule has 1 saturated heterocycles. The zero-order valence-corrected chi connectivity index (χ0v) is 19.5. The summed E-state index contributed by atoms with van der Waals surface area (Å²) in [4.78, 5) is 11.6. The Labute approximate surface area is 192 Å². The smallest absolute Gasteiger partial charge is 0.490 e. The number of halogens is 3. The van der Waals surface area contributed by atoms with Crippen LogP contribution in [0.25, 0.3) is 0 Å². The zero-order chi connectivity index (χ0) is 24.3. The number of likely N-dealkylation sites (tertiary alicyclic amines) is 1. The highest BCUT2D eigenvalue weighted by atomic mass is 32.2. The molecular formula is C22H31F3N2O5S. The van der Waals surface area contributed by atoms with Crippen molar-refractivity contribution in [2.45, 2.75) is 49.6 Å². The lowest BCUT2D eigenvalue weighted by molar-refractivity contribution is -0.192.